The largest absolute Gasteiger partial charge is 0.149 e. The van der Waals surface area contributed by atoms with Crippen LogP contribution < -0.4 is 0 Å². The standard InChI is InChI=1S/C16H30S/c1-6-9-14(2)10-7-11-15(3)12-8-13-16(4)17-5/h14-16H,6-7,9-12H2,1-5H3. The fraction of sp³-hybridized carbons (Fsp3) is 0.875. The Morgan fingerprint density at radius 2 is 1.65 bits per heavy atom. The van der Waals surface area contributed by atoms with Gasteiger partial charge in [-0.2, -0.15) is 0 Å². The maximum atomic E-state index is 3.33. The van der Waals surface area contributed by atoms with E-state index in [1.165, 1.54) is 32.1 Å². The maximum absolute atomic E-state index is 3.33. The molecule has 100 valence electrons. The van der Waals surface area contributed by atoms with Gasteiger partial charge in [-0.15, -0.1) is 17.7 Å². The molecule has 3 atom stereocenters. The Morgan fingerprint density at radius 3 is 2.24 bits per heavy atom. The number of thioether (sulfide) groups is 1. The van der Waals surface area contributed by atoms with Gasteiger partial charge in [-0.05, 0) is 31.4 Å². The zero-order valence-corrected chi connectivity index (χ0v) is 13.2. The smallest absolute Gasteiger partial charge is 0.0626 e. The van der Waals surface area contributed by atoms with Crippen molar-refractivity contribution in [2.45, 2.75) is 71.5 Å². The molecule has 0 fully saturated rings. The van der Waals surface area contributed by atoms with Crippen LogP contribution in [0.3, 0.4) is 0 Å². The van der Waals surface area contributed by atoms with Gasteiger partial charge in [0.05, 0.1) is 5.25 Å². The molecule has 0 heterocycles. The molecule has 0 N–H and O–H groups in total. The molecule has 0 rings (SSSR count). The highest BCUT2D eigenvalue weighted by atomic mass is 32.2. The monoisotopic (exact) mass is 254 g/mol. The predicted molar refractivity (Wildman–Crippen MR) is 82.5 cm³/mol. The van der Waals surface area contributed by atoms with Gasteiger partial charge in [-0.3, -0.25) is 0 Å². The van der Waals surface area contributed by atoms with E-state index >= 15 is 0 Å². The first kappa shape index (κ1) is 16.9. The van der Waals surface area contributed by atoms with Crippen molar-refractivity contribution < 1.29 is 0 Å². The molecule has 0 spiro atoms. The first-order valence-corrected chi connectivity index (χ1v) is 8.40. The highest BCUT2D eigenvalue weighted by Gasteiger charge is 2.04. The third-order valence-electron chi connectivity index (χ3n) is 3.28. The topological polar surface area (TPSA) is 0 Å². The molecular formula is C16H30S. The van der Waals surface area contributed by atoms with Gasteiger partial charge in [-0.1, -0.05) is 52.4 Å². The average Bonchev–Trinajstić information content (AvgIpc) is 2.29. The second-order valence-electron chi connectivity index (χ2n) is 5.33. The van der Waals surface area contributed by atoms with Crippen LogP contribution in [0.25, 0.3) is 0 Å². The van der Waals surface area contributed by atoms with Crippen LogP contribution in [0.5, 0.6) is 0 Å². The number of hydrogen-bond donors (Lipinski definition) is 0. The lowest BCUT2D eigenvalue weighted by atomic mass is 9.94. The average molecular weight is 254 g/mol. The Kier molecular flexibility index (Phi) is 11.0. The van der Waals surface area contributed by atoms with Crippen molar-refractivity contribution in [2.24, 2.45) is 11.8 Å². The highest BCUT2D eigenvalue weighted by molar-refractivity contribution is 7.99. The molecule has 0 nitrogen and oxygen atoms in total. The van der Waals surface area contributed by atoms with Crippen LogP contribution in [0, 0.1) is 23.7 Å². The molecule has 0 aliphatic heterocycles. The molecule has 0 aromatic heterocycles. The molecule has 0 aliphatic carbocycles. The molecule has 17 heavy (non-hydrogen) atoms. The van der Waals surface area contributed by atoms with E-state index in [4.69, 9.17) is 0 Å². The van der Waals surface area contributed by atoms with Crippen molar-refractivity contribution in [1.82, 2.24) is 0 Å². The Balaban J connectivity index is 3.58. The van der Waals surface area contributed by atoms with Crippen molar-refractivity contribution in [2.75, 3.05) is 6.26 Å². The number of rotatable bonds is 8. The van der Waals surface area contributed by atoms with E-state index in [0.717, 1.165) is 18.3 Å². The summed E-state index contributed by atoms with van der Waals surface area (Å²) < 4.78 is 0. The van der Waals surface area contributed by atoms with Gasteiger partial charge < -0.3 is 0 Å². The van der Waals surface area contributed by atoms with Crippen molar-refractivity contribution in [3.63, 3.8) is 0 Å². The van der Waals surface area contributed by atoms with Crippen molar-refractivity contribution in [1.29, 1.82) is 0 Å². The van der Waals surface area contributed by atoms with Crippen LogP contribution in [0.1, 0.15) is 66.2 Å². The minimum Gasteiger partial charge on any atom is -0.149 e. The second-order valence-corrected chi connectivity index (χ2v) is 6.51. The summed E-state index contributed by atoms with van der Waals surface area (Å²) in [6, 6.07) is 0. The Bertz CT molecular complexity index is 223. The molecule has 0 aromatic carbocycles. The summed E-state index contributed by atoms with van der Waals surface area (Å²) in [5, 5.41) is 0.492. The fourth-order valence-corrected chi connectivity index (χ4v) is 2.19. The predicted octanol–water partition coefficient (Wildman–Crippen LogP) is 5.37. The van der Waals surface area contributed by atoms with Gasteiger partial charge in [0.2, 0.25) is 0 Å². The molecule has 0 saturated carbocycles. The first-order chi connectivity index (χ1) is 8.10. The molecular weight excluding hydrogens is 224 g/mol. The van der Waals surface area contributed by atoms with Crippen LogP contribution in [0.15, 0.2) is 0 Å². The Hall–Kier alpha value is -0.0900. The molecule has 0 radical (unpaired) electrons. The SMILES string of the molecule is CCCC(C)CCCC(C)CC#CC(C)SC. The normalized spacial score (nSPS) is 15.8. The minimum absolute atomic E-state index is 0.492. The van der Waals surface area contributed by atoms with Crippen LogP contribution in [-0.4, -0.2) is 11.5 Å². The van der Waals surface area contributed by atoms with Crippen LogP contribution in [-0.2, 0) is 0 Å². The summed E-state index contributed by atoms with van der Waals surface area (Å²) >= 11 is 1.83. The van der Waals surface area contributed by atoms with Gasteiger partial charge in [-0.25, -0.2) is 0 Å². The van der Waals surface area contributed by atoms with E-state index in [-0.39, 0.29) is 0 Å². The minimum atomic E-state index is 0.492. The van der Waals surface area contributed by atoms with E-state index in [1.54, 1.807) is 0 Å². The van der Waals surface area contributed by atoms with E-state index < -0.39 is 0 Å². The van der Waals surface area contributed by atoms with Gasteiger partial charge in [0, 0.05) is 6.42 Å². The van der Waals surface area contributed by atoms with E-state index in [0.29, 0.717) is 5.25 Å². The summed E-state index contributed by atoms with van der Waals surface area (Å²) in [6.45, 7) is 9.17. The van der Waals surface area contributed by atoms with Crippen molar-refractivity contribution >= 4 is 11.8 Å². The van der Waals surface area contributed by atoms with Gasteiger partial charge in [0.25, 0.3) is 0 Å². The van der Waals surface area contributed by atoms with Crippen LogP contribution in [0.2, 0.25) is 0 Å². The number of hydrogen-bond acceptors (Lipinski definition) is 1. The molecule has 0 bridgehead atoms. The molecule has 0 saturated heterocycles. The fourth-order valence-electron chi connectivity index (χ4n) is 1.99. The summed E-state index contributed by atoms with van der Waals surface area (Å²) in [7, 11) is 0. The Labute approximate surface area is 113 Å². The summed E-state index contributed by atoms with van der Waals surface area (Å²) in [5.74, 6) is 8.30. The summed E-state index contributed by atoms with van der Waals surface area (Å²) in [5.41, 5.74) is 0. The summed E-state index contributed by atoms with van der Waals surface area (Å²) in [4.78, 5) is 0. The van der Waals surface area contributed by atoms with Gasteiger partial charge >= 0.3 is 0 Å². The zero-order valence-electron chi connectivity index (χ0n) is 12.4. The van der Waals surface area contributed by atoms with E-state index in [2.05, 4.69) is 45.8 Å². The van der Waals surface area contributed by atoms with Crippen molar-refractivity contribution in [3.8, 4) is 11.8 Å². The van der Waals surface area contributed by atoms with E-state index in [9.17, 15) is 0 Å². The Morgan fingerprint density at radius 1 is 1.00 bits per heavy atom. The van der Waals surface area contributed by atoms with Gasteiger partial charge in [0.15, 0.2) is 0 Å². The highest BCUT2D eigenvalue weighted by Crippen LogP contribution is 2.18. The molecule has 0 amide bonds. The molecule has 3 unspecified atom stereocenters. The van der Waals surface area contributed by atoms with Gasteiger partial charge in [0.1, 0.15) is 0 Å². The quantitative estimate of drug-likeness (QED) is 0.524. The lowest BCUT2D eigenvalue weighted by Gasteiger charge is -2.11. The van der Waals surface area contributed by atoms with Crippen LogP contribution in [0.4, 0.5) is 0 Å². The first-order valence-electron chi connectivity index (χ1n) is 7.11. The van der Waals surface area contributed by atoms with Crippen molar-refractivity contribution in [3.05, 3.63) is 0 Å². The maximum Gasteiger partial charge on any atom is 0.0626 e. The third kappa shape index (κ3) is 10.8. The lowest BCUT2D eigenvalue weighted by molar-refractivity contribution is 0.425. The zero-order chi connectivity index (χ0) is 13.1. The third-order valence-corrected chi connectivity index (χ3v) is 4.11. The van der Waals surface area contributed by atoms with E-state index in [1.807, 2.05) is 11.8 Å². The van der Waals surface area contributed by atoms with Crippen LogP contribution >= 0.6 is 11.8 Å². The molecule has 0 aromatic rings. The molecule has 1 heteroatoms. The summed E-state index contributed by atoms with van der Waals surface area (Å²) in [6.07, 6.45) is 10.0. The lowest BCUT2D eigenvalue weighted by Crippen LogP contribution is -1.98. The molecule has 0 aliphatic rings. The second kappa shape index (κ2) is 11.0.